The molecule has 0 saturated carbocycles. The van der Waals surface area contributed by atoms with Crippen molar-refractivity contribution >= 4 is 17.8 Å². The highest BCUT2D eigenvalue weighted by molar-refractivity contribution is 5.96. The predicted molar refractivity (Wildman–Crippen MR) is 93.3 cm³/mol. The lowest BCUT2D eigenvalue weighted by atomic mass is 10.1. The van der Waals surface area contributed by atoms with Gasteiger partial charge in [0.15, 0.2) is 0 Å². The molecule has 2 rings (SSSR count). The molecule has 0 aliphatic heterocycles. The van der Waals surface area contributed by atoms with Crippen molar-refractivity contribution in [1.29, 1.82) is 0 Å². The number of aliphatic carboxylic acids is 1. The van der Waals surface area contributed by atoms with Gasteiger partial charge in [-0.05, 0) is 42.0 Å². The maximum Gasteiger partial charge on any atom is 0.326 e. The molecule has 0 radical (unpaired) electrons. The number of hydrogen-bond donors (Lipinski definition) is 2. The van der Waals surface area contributed by atoms with Gasteiger partial charge in [-0.1, -0.05) is 12.1 Å². The second-order valence-corrected chi connectivity index (χ2v) is 5.53. The summed E-state index contributed by atoms with van der Waals surface area (Å²) < 4.78 is 9.95. The van der Waals surface area contributed by atoms with Gasteiger partial charge in [0.2, 0.25) is 0 Å². The van der Waals surface area contributed by atoms with Crippen LogP contribution in [0.25, 0.3) is 0 Å². The summed E-state index contributed by atoms with van der Waals surface area (Å²) in [5.74, 6) is -1.15. The Hall–Kier alpha value is -3.35. The Balaban J connectivity index is 2.04. The van der Waals surface area contributed by atoms with Crippen LogP contribution in [0.1, 0.15) is 22.8 Å². The summed E-state index contributed by atoms with van der Waals surface area (Å²) in [4.78, 5) is 34.6. The second-order valence-electron chi connectivity index (χ2n) is 5.53. The molecule has 1 atom stereocenters. The smallest absolute Gasteiger partial charge is 0.326 e. The van der Waals surface area contributed by atoms with Crippen LogP contribution >= 0.6 is 0 Å². The molecule has 0 aliphatic carbocycles. The van der Waals surface area contributed by atoms with Gasteiger partial charge in [0.05, 0.1) is 7.11 Å². The summed E-state index contributed by atoms with van der Waals surface area (Å²) in [7, 11) is 1.54. The van der Waals surface area contributed by atoms with E-state index in [-0.39, 0.29) is 12.0 Å². The van der Waals surface area contributed by atoms with E-state index in [1.54, 1.807) is 31.4 Å². The third kappa shape index (κ3) is 5.34. The topological polar surface area (TPSA) is 102 Å². The Morgan fingerprint density at radius 2 is 1.58 bits per heavy atom. The monoisotopic (exact) mass is 357 g/mol. The van der Waals surface area contributed by atoms with Gasteiger partial charge >= 0.3 is 11.9 Å². The standard InChI is InChI=1S/C19H19NO6/c1-12(21)26-16-9-5-14(6-10-16)18(22)20-17(19(23)24)11-13-3-7-15(25-2)8-4-13/h3-10,17H,11H2,1-2H3,(H,20,22)(H,23,24)/t17-/m0/s1. The van der Waals surface area contributed by atoms with Crippen molar-refractivity contribution in [2.24, 2.45) is 0 Å². The molecule has 0 bridgehead atoms. The molecule has 0 aromatic heterocycles. The molecule has 2 aromatic rings. The minimum Gasteiger partial charge on any atom is -0.497 e. The van der Waals surface area contributed by atoms with Crippen LogP contribution in [0.2, 0.25) is 0 Å². The van der Waals surface area contributed by atoms with Gasteiger partial charge in [0.1, 0.15) is 17.5 Å². The number of nitrogens with one attached hydrogen (secondary N) is 1. The molecule has 0 unspecified atom stereocenters. The zero-order chi connectivity index (χ0) is 19.1. The summed E-state index contributed by atoms with van der Waals surface area (Å²) in [5, 5.41) is 11.9. The molecule has 136 valence electrons. The highest BCUT2D eigenvalue weighted by Gasteiger charge is 2.21. The maximum atomic E-state index is 12.3. The van der Waals surface area contributed by atoms with E-state index >= 15 is 0 Å². The highest BCUT2D eigenvalue weighted by atomic mass is 16.5. The molecular weight excluding hydrogens is 338 g/mol. The number of hydrogen-bond acceptors (Lipinski definition) is 5. The van der Waals surface area contributed by atoms with E-state index < -0.39 is 23.9 Å². The van der Waals surface area contributed by atoms with Gasteiger partial charge < -0.3 is 19.9 Å². The first-order valence-corrected chi connectivity index (χ1v) is 7.84. The quantitative estimate of drug-likeness (QED) is 0.581. The largest absolute Gasteiger partial charge is 0.497 e. The first kappa shape index (κ1) is 19.0. The van der Waals surface area contributed by atoms with Crippen LogP contribution in [0.15, 0.2) is 48.5 Å². The molecule has 0 aliphatic rings. The fraction of sp³-hybridized carbons (Fsp3) is 0.211. The lowest BCUT2D eigenvalue weighted by molar-refractivity contribution is -0.139. The summed E-state index contributed by atoms with van der Waals surface area (Å²) in [6.45, 7) is 1.28. The average molecular weight is 357 g/mol. The Kier molecular flexibility index (Phi) is 6.32. The first-order valence-electron chi connectivity index (χ1n) is 7.84. The number of carboxylic acids is 1. The van der Waals surface area contributed by atoms with Gasteiger partial charge in [-0.15, -0.1) is 0 Å². The third-order valence-corrected chi connectivity index (χ3v) is 3.58. The molecule has 2 aromatic carbocycles. The molecule has 0 fully saturated rings. The number of carbonyl (C=O) groups is 3. The fourth-order valence-corrected chi connectivity index (χ4v) is 2.28. The SMILES string of the molecule is COc1ccc(C[C@H](NC(=O)c2ccc(OC(C)=O)cc2)C(=O)O)cc1. The molecule has 7 nitrogen and oxygen atoms in total. The maximum absolute atomic E-state index is 12.3. The van der Waals surface area contributed by atoms with Gasteiger partial charge in [-0.2, -0.15) is 0 Å². The fourth-order valence-electron chi connectivity index (χ4n) is 2.28. The number of carbonyl (C=O) groups excluding carboxylic acids is 2. The molecule has 2 N–H and O–H groups in total. The number of amides is 1. The van der Waals surface area contributed by atoms with Crippen LogP contribution < -0.4 is 14.8 Å². The van der Waals surface area contributed by atoms with E-state index in [0.717, 1.165) is 5.56 Å². The summed E-state index contributed by atoms with van der Waals surface area (Å²) in [5.41, 5.74) is 1.02. The third-order valence-electron chi connectivity index (χ3n) is 3.58. The van der Waals surface area contributed by atoms with Crippen LogP contribution in [0.3, 0.4) is 0 Å². The molecule has 0 saturated heterocycles. The van der Waals surface area contributed by atoms with Crippen LogP contribution in [-0.2, 0) is 16.0 Å². The Morgan fingerprint density at radius 3 is 2.08 bits per heavy atom. The molecule has 7 heteroatoms. The van der Waals surface area contributed by atoms with Crippen molar-refractivity contribution in [3.63, 3.8) is 0 Å². The first-order chi connectivity index (χ1) is 12.4. The second kappa shape index (κ2) is 8.66. The van der Waals surface area contributed by atoms with E-state index in [4.69, 9.17) is 9.47 Å². The van der Waals surface area contributed by atoms with E-state index in [0.29, 0.717) is 11.5 Å². The summed E-state index contributed by atoms with van der Waals surface area (Å²) in [6, 6.07) is 11.7. The lowest BCUT2D eigenvalue weighted by Crippen LogP contribution is -2.42. The van der Waals surface area contributed by atoms with Gasteiger partial charge in [-0.3, -0.25) is 9.59 Å². The summed E-state index contributed by atoms with van der Waals surface area (Å²) >= 11 is 0. The highest BCUT2D eigenvalue weighted by Crippen LogP contribution is 2.14. The summed E-state index contributed by atoms with van der Waals surface area (Å²) in [6.07, 6.45) is 0.136. The van der Waals surface area contributed by atoms with Crippen LogP contribution in [0, 0.1) is 0 Å². The van der Waals surface area contributed by atoms with Crippen molar-refractivity contribution in [3.05, 3.63) is 59.7 Å². The van der Waals surface area contributed by atoms with E-state index in [1.165, 1.54) is 31.2 Å². The average Bonchev–Trinajstić information content (AvgIpc) is 2.61. The molecule has 0 spiro atoms. The number of rotatable bonds is 7. The van der Waals surface area contributed by atoms with Gasteiger partial charge in [0, 0.05) is 18.9 Å². The van der Waals surface area contributed by atoms with Crippen molar-refractivity contribution in [3.8, 4) is 11.5 Å². The van der Waals surface area contributed by atoms with E-state index in [9.17, 15) is 19.5 Å². The van der Waals surface area contributed by atoms with Crippen molar-refractivity contribution in [2.75, 3.05) is 7.11 Å². The van der Waals surface area contributed by atoms with Crippen molar-refractivity contribution in [2.45, 2.75) is 19.4 Å². The van der Waals surface area contributed by atoms with Crippen LogP contribution in [0.4, 0.5) is 0 Å². The zero-order valence-electron chi connectivity index (χ0n) is 14.4. The lowest BCUT2D eigenvalue weighted by Gasteiger charge is -2.15. The van der Waals surface area contributed by atoms with Gasteiger partial charge in [0.25, 0.3) is 5.91 Å². The molecule has 1 amide bonds. The Labute approximate surface area is 150 Å². The number of ether oxygens (including phenoxy) is 2. The zero-order valence-corrected chi connectivity index (χ0v) is 14.4. The predicted octanol–water partition coefficient (Wildman–Crippen LogP) is 2.05. The molecule has 0 heterocycles. The Morgan fingerprint density at radius 1 is 1.00 bits per heavy atom. The normalized spacial score (nSPS) is 11.3. The van der Waals surface area contributed by atoms with Crippen molar-refractivity contribution < 1.29 is 29.0 Å². The van der Waals surface area contributed by atoms with Crippen molar-refractivity contribution in [1.82, 2.24) is 5.32 Å². The van der Waals surface area contributed by atoms with Crippen LogP contribution in [-0.4, -0.2) is 36.1 Å². The molecule has 26 heavy (non-hydrogen) atoms. The number of carboxylic acid groups (broad SMARTS) is 1. The Bertz CT molecular complexity index is 783. The molecular formula is C19H19NO6. The number of esters is 1. The van der Waals surface area contributed by atoms with E-state index in [1.807, 2.05) is 0 Å². The number of methoxy groups -OCH3 is 1. The van der Waals surface area contributed by atoms with Crippen LogP contribution in [0.5, 0.6) is 11.5 Å². The minimum absolute atomic E-state index is 0.136. The number of benzene rings is 2. The van der Waals surface area contributed by atoms with E-state index in [2.05, 4.69) is 5.32 Å². The minimum atomic E-state index is -1.13. The van der Waals surface area contributed by atoms with Gasteiger partial charge in [-0.25, -0.2) is 4.79 Å².